The van der Waals surface area contributed by atoms with Crippen LogP contribution in [0.2, 0.25) is 13.1 Å². The first-order chi connectivity index (χ1) is 24.5. The SMILES string of the molecule is CCC1=Cc2c(-c3ccc(C(C)CC)cc3)cccc2[CH]1[Zr]([Cl])([Cl])([CH]1C(C2CCCC2)=Cc2c(-c3ccc(C(C)CC)cc3)cccc21)[SiH](C)C. The summed E-state index contributed by atoms with van der Waals surface area (Å²) in [5.41, 5.74) is 16.6. The number of allylic oxidation sites excluding steroid dienone is 2. The molecule has 0 N–H and O–H groups in total. The Morgan fingerprint density at radius 3 is 1.57 bits per heavy atom. The van der Waals surface area contributed by atoms with Crippen LogP contribution >= 0.6 is 17.0 Å². The Kier molecular flexibility index (Phi) is 10.8. The zero-order chi connectivity index (χ0) is 36.1. The Bertz CT molecular complexity index is 1960. The molecule has 1 saturated carbocycles. The number of fused-ring (bicyclic) bond motifs is 2. The van der Waals surface area contributed by atoms with Crippen LogP contribution in [-0.4, -0.2) is 5.92 Å². The van der Waals surface area contributed by atoms with Gasteiger partial charge in [0.25, 0.3) is 0 Å². The molecule has 0 aromatic heterocycles. The summed E-state index contributed by atoms with van der Waals surface area (Å²) >= 11 is -4.86. The van der Waals surface area contributed by atoms with Crippen LogP contribution in [0.4, 0.5) is 0 Å². The van der Waals surface area contributed by atoms with Crippen molar-refractivity contribution in [1.82, 2.24) is 0 Å². The predicted molar refractivity (Wildman–Crippen MR) is 225 cm³/mol. The molecule has 267 valence electrons. The molecule has 4 aromatic rings. The Hall–Kier alpha value is -1.96. The molecule has 0 aliphatic heterocycles. The molecular formula is C47H57Cl2SiZr. The first-order valence-electron chi connectivity index (χ1n) is 20.0. The van der Waals surface area contributed by atoms with E-state index < -0.39 is 21.5 Å². The monoisotopic (exact) mass is 809 g/mol. The summed E-state index contributed by atoms with van der Waals surface area (Å²) in [6.07, 6.45) is 13.5. The Labute approximate surface area is 317 Å². The summed E-state index contributed by atoms with van der Waals surface area (Å²) in [4.78, 5) is 0. The van der Waals surface area contributed by atoms with E-state index in [1.165, 1.54) is 86.9 Å². The molecule has 4 heteroatoms. The predicted octanol–water partition coefficient (Wildman–Crippen LogP) is 15.2. The average molecular weight is 812 g/mol. The molecule has 7 rings (SSSR count). The maximum absolute atomic E-state index is 8.84. The number of halogens is 2. The first-order valence-corrected chi connectivity index (χ1v) is 36.3. The van der Waals surface area contributed by atoms with Crippen LogP contribution in [0.1, 0.15) is 132 Å². The molecule has 3 aliphatic carbocycles. The van der Waals surface area contributed by atoms with Gasteiger partial charge in [-0.1, -0.05) is 0 Å². The van der Waals surface area contributed by atoms with E-state index in [1.807, 2.05) is 0 Å². The molecule has 51 heavy (non-hydrogen) atoms. The van der Waals surface area contributed by atoms with Crippen LogP contribution in [0.25, 0.3) is 34.4 Å². The second-order valence-corrected chi connectivity index (χ2v) is 58.9. The van der Waals surface area contributed by atoms with Gasteiger partial charge in [0, 0.05) is 0 Å². The maximum atomic E-state index is 8.84. The number of rotatable bonds is 11. The van der Waals surface area contributed by atoms with Crippen molar-refractivity contribution in [3.05, 3.63) is 129 Å². The summed E-state index contributed by atoms with van der Waals surface area (Å²) in [5, 5.41) is 0. The van der Waals surface area contributed by atoms with Crippen molar-refractivity contribution in [2.75, 3.05) is 0 Å². The fourth-order valence-electron chi connectivity index (χ4n) is 9.87. The molecule has 0 saturated heterocycles. The van der Waals surface area contributed by atoms with Crippen molar-refractivity contribution >= 4 is 35.1 Å². The molecule has 0 nitrogen and oxygen atoms in total. The van der Waals surface area contributed by atoms with Gasteiger partial charge >= 0.3 is 320 Å². The van der Waals surface area contributed by atoms with Crippen molar-refractivity contribution in [3.63, 3.8) is 0 Å². The standard InChI is InChI=1S/C24H27.C21H23.C2H7Si.2ClH.Zr/c1-3-17(2)18-11-13-20(14-12-18)23-10-6-9-21-15-22(16-24(21)23)19-7-4-5-8-19;1-4-15(3)17-9-11-18(12-10-17)20-8-6-7-19-13-16(5-2)14-21(19)20;1-3-2;;;/h6,9-17,19H,3-5,7-8H2,1-2H3;6-15H,4-5H2,1-3H3;3H,1-2H3;2*1H;/q;;;;;+2/p-2. The van der Waals surface area contributed by atoms with E-state index in [9.17, 15) is 0 Å². The zero-order valence-corrected chi connectivity index (χ0v) is 37.0. The van der Waals surface area contributed by atoms with Crippen molar-refractivity contribution in [3.8, 4) is 22.3 Å². The Balaban J connectivity index is 1.40. The van der Waals surface area contributed by atoms with Gasteiger partial charge in [-0.3, -0.25) is 0 Å². The third-order valence-corrected chi connectivity index (χ3v) is 65.3. The summed E-state index contributed by atoms with van der Waals surface area (Å²) < 4.78 is 0.267. The van der Waals surface area contributed by atoms with Crippen LogP contribution in [0, 0.1) is 5.92 Å². The molecule has 3 aliphatic rings. The fourth-order valence-corrected chi connectivity index (χ4v) is 41.3. The van der Waals surface area contributed by atoms with Gasteiger partial charge in [0.2, 0.25) is 0 Å². The molecule has 0 bridgehead atoms. The fraction of sp³-hybridized carbons (Fsp3) is 0.404. The molecule has 0 spiro atoms. The van der Waals surface area contributed by atoms with E-state index in [0.717, 1.165) is 19.3 Å². The summed E-state index contributed by atoms with van der Waals surface area (Å²) in [5.74, 6) is 0.0558. The number of benzene rings is 4. The summed E-state index contributed by atoms with van der Waals surface area (Å²) in [6, 6.07) is 32.7. The van der Waals surface area contributed by atoms with E-state index in [4.69, 9.17) is 17.0 Å². The number of hydrogen-bond acceptors (Lipinski definition) is 0. The van der Waals surface area contributed by atoms with Crippen LogP contribution in [0.3, 0.4) is 0 Å². The Morgan fingerprint density at radius 2 is 1.12 bits per heavy atom. The third-order valence-electron chi connectivity index (χ3n) is 13.5. The van der Waals surface area contributed by atoms with Gasteiger partial charge in [-0.2, -0.15) is 0 Å². The van der Waals surface area contributed by atoms with Crippen LogP contribution < -0.4 is 0 Å². The quantitative estimate of drug-likeness (QED) is 0.132. The van der Waals surface area contributed by atoms with Crippen molar-refractivity contribution in [1.29, 1.82) is 0 Å². The Morgan fingerprint density at radius 1 is 0.647 bits per heavy atom. The van der Waals surface area contributed by atoms with Crippen molar-refractivity contribution in [2.45, 2.75) is 112 Å². The molecule has 4 atom stereocenters. The summed E-state index contributed by atoms with van der Waals surface area (Å²) in [6.45, 7) is 16.5. The van der Waals surface area contributed by atoms with Gasteiger partial charge in [0.1, 0.15) is 0 Å². The molecule has 0 amide bonds. The summed E-state index contributed by atoms with van der Waals surface area (Å²) in [7, 11) is 17.7. The molecular weight excluding hydrogens is 755 g/mol. The van der Waals surface area contributed by atoms with E-state index >= 15 is 0 Å². The molecule has 4 unspecified atom stereocenters. The van der Waals surface area contributed by atoms with Gasteiger partial charge in [0.05, 0.1) is 0 Å². The van der Waals surface area contributed by atoms with Gasteiger partial charge in [-0.15, -0.1) is 0 Å². The van der Waals surface area contributed by atoms with Crippen LogP contribution in [0.5, 0.6) is 0 Å². The van der Waals surface area contributed by atoms with Crippen molar-refractivity contribution in [2.24, 2.45) is 5.92 Å². The van der Waals surface area contributed by atoms with Crippen LogP contribution in [-0.2, 0) is 15.6 Å². The second kappa shape index (κ2) is 14.7. The third kappa shape index (κ3) is 6.31. The van der Waals surface area contributed by atoms with E-state index in [2.05, 4.69) is 145 Å². The molecule has 1 fully saturated rings. The van der Waals surface area contributed by atoms with E-state index in [0.29, 0.717) is 17.8 Å². The topological polar surface area (TPSA) is 0 Å². The second-order valence-electron chi connectivity index (χ2n) is 16.4. The molecule has 4 aromatic carbocycles. The van der Waals surface area contributed by atoms with Gasteiger partial charge in [0.15, 0.2) is 0 Å². The van der Waals surface area contributed by atoms with Crippen molar-refractivity contribution < 1.29 is 15.6 Å². The first kappa shape index (κ1) is 37.4. The normalized spacial score (nSPS) is 20.8. The molecule has 0 heterocycles. The number of hydrogen-bond donors (Lipinski definition) is 0. The van der Waals surface area contributed by atoms with Gasteiger partial charge in [-0.05, 0) is 0 Å². The van der Waals surface area contributed by atoms with Gasteiger partial charge in [-0.25, -0.2) is 0 Å². The minimum absolute atomic E-state index is 0.125. The van der Waals surface area contributed by atoms with E-state index in [1.54, 1.807) is 5.57 Å². The average Bonchev–Trinajstić information content (AvgIpc) is 3.92. The van der Waals surface area contributed by atoms with Crippen LogP contribution in [0.15, 0.2) is 96.1 Å². The minimum atomic E-state index is -4.86. The van der Waals surface area contributed by atoms with Gasteiger partial charge < -0.3 is 0 Å². The zero-order valence-electron chi connectivity index (χ0n) is 31.9. The molecule has 0 radical (unpaired) electrons. The van der Waals surface area contributed by atoms with E-state index in [-0.39, 0.29) is 7.25 Å².